The van der Waals surface area contributed by atoms with Crippen molar-refractivity contribution in [1.82, 2.24) is 25.2 Å². The molecule has 0 radical (unpaired) electrons. The van der Waals surface area contributed by atoms with E-state index in [0.717, 1.165) is 104 Å². The Morgan fingerprint density at radius 2 is 1.79 bits per heavy atom. The van der Waals surface area contributed by atoms with Gasteiger partial charge in [-0.2, -0.15) is 0 Å². The highest BCUT2D eigenvalue weighted by Gasteiger charge is 2.30. The van der Waals surface area contributed by atoms with Crippen LogP contribution in [-0.2, 0) is 4.79 Å². The molecule has 2 saturated heterocycles. The number of piperidine rings is 1. The number of benzene rings is 1. The Morgan fingerprint density at radius 3 is 2.55 bits per heavy atom. The summed E-state index contributed by atoms with van der Waals surface area (Å²) in [7, 11) is 0. The third-order valence-electron chi connectivity index (χ3n) is 8.14. The first kappa shape index (κ1) is 24.9. The van der Waals surface area contributed by atoms with E-state index in [4.69, 9.17) is 4.74 Å². The number of fused-ring (bicyclic) bond motifs is 1. The molecule has 38 heavy (non-hydrogen) atoms. The van der Waals surface area contributed by atoms with E-state index in [1.807, 2.05) is 18.3 Å². The number of ether oxygens (including phenoxy) is 1. The minimum atomic E-state index is 0.141. The van der Waals surface area contributed by atoms with Gasteiger partial charge in [-0.05, 0) is 49.6 Å². The summed E-state index contributed by atoms with van der Waals surface area (Å²) in [6.45, 7) is 7.46. The number of aromatic nitrogens is 3. The third-order valence-corrected chi connectivity index (χ3v) is 8.14. The Labute approximate surface area is 224 Å². The van der Waals surface area contributed by atoms with Crippen molar-refractivity contribution in [2.24, 2.45) is 5.92 Å². The summed E-state index contributed by atoms with van der Waals surface area (Å²) >= 11 is 0. The van der Waals surface area contributed by atoms with E-state index in [1.54, 1.807) is 6.33 Å². The average Bonchev–Trinajstić information content (AvgIpc) is 3.50. The van der Waals surface area contributed by atoms with E-state index in [2.05, 4.69) is 54.4 Å². The number of carbonyl (C=O) groups excluding carboxylic acids is 1. The smallest absolute Gasteiger partial charge is 0.225 e. The Morgan fingerprint density at radius 1 is 1.00 bits per heavy atom. The number of hydrogen-bond acceptors (Lipinski definition) is 8. The van der Waals surface area contributed by atoms with Gasteiger partial charge >= 0.3 is 0 Å². The van der Waals surface area contributed by atoms with Crippen LogP contribution in [0.1, 0.15) is 44.1 Å². The number of hydrogen-bond donors (Lipinski definition) is 2. The van der Waals surface area contributed by atoms with Crippen molar-refractivity contribution < 1.29 is 9.53 Å². The number of rotatable bonds is 6. The summed E-state index contributed by atoms with van der Waals surface area (Å²) < 4.78 is 6.39. The van der Waals surface area contributed by atoms with E-state index >= 15 is 0 Å². The van der Waals surface area contributed by atoms with Crippen molar-refractivity contribution in [1.29, 1.82) is 0 Å². The maximum absolute atomic E-state index is 12.7. The molecule has 9 nitrogen and oxygen atoms in total. The van der Waals surface area contributed by atoms with Crippen LogP contribution in [0.3, 0.4) is 0 Å². The summed E-state index contributed by atoms with van der Waals surface area (Å²) in [5.41, 5.74) is 2.84. The van der Waals surface area contributed by atoms with Gasteiger partial charge in [-0.1, -0.05) is 12.8 Å². The number of carbonyl (C=O) groups is 1. The highest BCUT2D eigenvalue weighted by Crippen LogP contribution is 2.31. The Balaban J connectivity index is 1.10. The molecule has 2 aliphatic heterocycles. The predicted molar refractivity (Wildman–Crippen MR) is 149 cm³/mol. The highest BCUT2D eigenvalue weighted by atomic mass is 16.5. The van der Waals surface area contributed by atoms with E-state index in [1.165, 1.54) is 12.8 Å². The fourth-order valence-corrected chi connectivity index (χ4v) is 5.92. The normalized spacial score (nSPS) is 19.2. The molecule has 200 valence electrons. The molecule has 0 unspecified atom stereocenters. The average molecular weight is 516 g/mol. The molecule has 6 rings (SSSR count). The first-order chi connectivity index (χ1) is 18.6. The molecule has 3 fully saturated rings. The minimum absolute atomic E-state index is 0.141. The zero-order valence-corrected chi connectivity index (χ0v) is 22.2. The van der Waals surface area contributed by atoms with E-state index in [-0.39, 0.29) is 12.0 Å². The summed E-state index contributed by atoms with van der Waals surface area (Å²) in [5.74, 6) is 3.23. The number of likely N-dealkylation sites (tertiary alicyclic amines) is 1. The fourth-order valence-electron chi connectivity index (χ4n) is 5.92. The molecule has 0 atom stereocenters. The van der Waals surface area contributed by atoms with Crippen LogP contribution < -0.4 is 20.3 Å². The standard InChI is InChI=1S/C29H37N7O2/c1-20-16-22(6-7-26(20)38-23-8-12-36(13-9-23)29(37)21-4-2-3-5-21)34-28-24-17-27(35-14-10-30-11-15-35)31-18-25(24)32-19-33-28/h6-7,16-19,21,23,30H,2-5,8-15H2,1H3,(H,32,33,34). The van der Waals surface area contributed by atoms with Crippen molar-refractivity contribution in [3.8, 4) is 5.75 Å². The van der Waals surface area contributed by atoms with Crippen molar-refractivity contribution in [2.75, 3.05) is 49.5 Å². The van der Waals surface area contributed by atoms with E-state index in [9.17, 15) is 4.79 Å². The van der Waals surface area contributed by atoms with Gasteiger partial charge in [-0.15, -0.1) is 0 Å². The zero-order chi connectivity index (χ0) is 25.9. The number of anilines is 3. The van der Waals surface area contributed by atoms with Crippen molar-refractivity contribution in [3.05, 3.63) is 42.4 Å². The molecule has 1 aromatic carbocycles. The fraction of sp³-hybridized carbons (Fsp3) is 0.517. The van der Waals surface area contributed by atoms with Crippen molar-refractivity contribution in [3.63, 3.8) is 0 Å². The summed E-state index contributed by atoms with van der Waals surface area (Å²) in [6, 6.07) is 8.25. The second-order valence-corrected chi connectivity index (χ2v) is 10.7. The van der Waals surface area contributed by atoms with Gasteiger partial charge in [-0.25, -0.2) is 15.0 Å². The number of nitrogens with one attached hydrogen (secondary N) is 2. The molecule has 9 heteroatoms. The van der Waals surface area contributed by atoms with Crippen molar-refractivity contribution in [2.45, 2.75) is 51.6 Å². The zero-order valence-electron chi connectivity index (χ0n) is 22.2. The van der Waals surface area contributed by atoms with Crippen LogP contribution in [0.2, 0.25) is 0 Å². The van der Waals surface area contributed by atoms with Crippen LogP contribution in [0.4, 0.5) is 17.3 Å². The van der Waals surface area contributed by atoms with Crippen LogP contribution >= 0.6 is 0 Å². The van der Waals surface area contributed by atoms with E-state index in [0.29, 0.717) is 5.91 Å². The van der Waals surface area contributed by atoms with Crippen LogP contribution in [0.15, 0.2) is 36.8 Å². The highest BCUT2D eigenvalue weighted by molar-refractivity contribution is 5.92. The number of nitrogens with zero attached hydrogens (tertiary/aromatic N) is 5. The number of aryl methyl sites for hydroxylation is 1. The first-order valence-electron chi connectivity index (χ1n) is 14.0. The largest absolute Gasteiger partial charge is 0.490 e. The maximum atomic E-state index is 12.7. The van der Waals surface area contributed by atoms with Gasteiger partial charge in [0.15, 0.2) is 0 Å². The van der Waals surface area contributed by atoms with Crippen LogP contribution in [0.5, 0.6) is 5.75 Å². The molecule has 0 spiro atoms. The maximum Gasteiger partial charge on any atom is 0.225 e. The molecule has 0 bridgehead atoms. The van der Waals surface area contributed by atoms with Crippen molar-refractivity contribution >= 4 is 34.1 Å². The lowest BCUT2D eigenvalue weighted by atomic mass is 10.0. The van der Waals surface area contributed by atoms with Gasteiger partial charge in [0.05, 0.1) is 11.7 Å². The molecule has 3 aliphatic rings. The third kappa shape index (κ3) is 5.38. The molecule has 3 aromatic rings. The van der Waals surface area contributed by atoms with Crippen LogP contribution in [0, 0.1) is 12.8 Å². The number of amides is 1. The summed E-state index contributed by atoms with van der Waals surface area (Å²) in [4.78, 5) is 30.7. The monoisotopic (exact) mass is 515 g/mol. The Hall–Kier alpha value is -3.46. The molecule has 1 aliphatic carbocycles. The SMILES string of the molecule is Cc1cc(Nc2ncnc3cnc(N4CCNCC4)cc23)ccc1OC1CCN(C(=O)C2CCCC2)CC1. The van der Waals surface area contributed by atoms with Gasteiger partial charge in [0.1, 0.15) is 29.8 Å². The summed E-state index contributed by atoms with van der Waals surface area (Å²) in [5, 5.41) is 7.82. The lowest BCUT2D eigenvalue weighted by molar-refractivity contribution is -0.137. The second kappa shape index (κ2) is 11.1. The lowest BCUT2D eigenvalue weighted by Gasteiger charge is -2.34. The molecule has 2 N–H and O–H groups in total. The molecular formula is C29H37N7O2. The minimum Gasteiger partial charge on any atom is -0.490 e. The lowest BCUT2D eigenvalue weighted by Crippen LogP contribution is -2.44. The molecule has 4 heterocycles. The van der Waals surface area contributed by atoms with Gasteiger partial charge in [0.2, 0.25) is 5.91 Å². The number of piperazine rings is 1. The predicted octanol–water partition coefficient (Wildman–Crippen LogP) is 4.05. The van der Waals surface area contributed by atoms with Gasteiger partial charge < -0.3 is 25.2 Å². The molecule has 1 amide bonds. The van der Waals surface area contributed by atoms with Gasteiger partial charge in [-0.3, -0.25) is 4.79 Å². The number of pyridine rings is 1. The Bertz CT molecular complexity index is 1280. The van der Waals surface area contributed by atoms with Crippen LogP contribution in [-0.4, -0.2) is 71.1 Å². The van der Waals surface area contributed by atoms with Gasteiger partial charge in [0, 0.05) is 69.1 Å². The van der Waals surface area contributed by atoms with Gasteiger partial charge in [0.25, 0.3) is 0 Å². The van der Waals surface area contributed by atoms with Crippen LogP contribution in [0.25, 0.3) is 10.9 Å². The summed E-state index contributed by atoms with van der Waals surface area (Å²) in [6.07, 6.45) is 9.83. The molecule has 1 saturated carbocycles. The quantitative estimate of drug-likeness (QED) is 0.508. The molecular weight excluding hydrogens is 478 g/mol. The second-order valence-electron chi connectivity index (χ2n) is 10.7. The van der Waals surface area contributed by atoms with E-state index < -0.39 is 0 Å². The Kier molecular flexibility index (Phi) is 7.27. The topological polar surface area (TPSA) is 95.5 Å². The first-order valence-corrected chi connectivity index (χ1v) is 14.0. The molecule has 2 aromatic heterocycles.